The molecule has 1 saturated heterocycles. The zero-order chi connectivity index (χ0) is 17.3. The normalized spacial score (nSPS) is 22.9. The number of piperidine rings is 1. The van der Waals surface area contributed by atoms with Gasteiger partial charge >= 0.3 is 0 Å². The van der Waals surface area contributed by atoms with E-state index in [0.29, 0.717) is 6.54 Å². The molecule has 2 aliphatic heterocycles. The van der Waals surface area contributed by atoms with E-state index in [1.807, 2.05) is 24.3 Å². The average molecular weight is 355 g/mol. The number of halogens is 1. The van der Waals surface area contributed by atoms with E-state index in [0.717, 1.165) is 53.7 Å². The van der Waals surface area contributed by atoms with Crippen molar-refractivity contribution in [2.24, 2.45) is 4.99 Å². The zero-order valence-corrected chi connectivity index (χ0v) is 15.2. The van der Waals surface area contributed by atoms with Crippen LogP contribution in [0.15, 0.2) is 53.5 Å². The van der Waals surface area contributed by atoms with Crippen molar-refractivity contribution in [3.8, 4) is 0 Å². The smallest absolute Gasteiger partial charge is 0.130 e. The number of nitrogens with one attached hydrogen (secondary N) is 2. The maximum absolute atomic E-state index is 6.12. The molecule has 2 aromatic rings. The molecule has 130 valence electrons. The van der Waals surface area contributed by atoms with Crippen molar-refractivity contribution >= 4 is 28.8 Å². The van der Waals surface area contributed by atoms with Crippen molar-refractivity contribution in [3.05, 3.63) is 59.1 Å². The summed E-state index contributed by atoms with van der Waals surface area (Å²) < 4.78 is 0. The summed E-state index contributed by atoms with van der Waals surface area (Å²) in [6.45, 7) is 2.80. The standard InChI is InChI=1S/C20H23ClN4/c1-25-11-5-10-20(14-25)19(22-13-15-6-4-7-16(21)12-15)23-17-8-2-3-9-18(17)24-20/h2-4,6-9,12,24H,5,10-11,13-14H2,1H3,(H,22,23). The molecule has 1 atom stereocenters. The summed E-state index contributed by atoms with van der Waals surface area (Å²) in [5.74, 6) is 1.03. The number of anilines is 1. The van der Waals surface area contributed by atoms with Gasteiger partial charge in [0.25, 0.3) is 0 Å². The second-order valence-corrected chi connectivity index (χ2v) is 7.45. The van der Waals surface area contributed by atoms with Crippen LogP contribution in [0.2, 0.25) is 5.02 Å². The fraction of sp³-hybridized carbons (Fsp3) is 0.350. The van der Waals surface area contributed by atoms with Crippen molar-refractivity contribution in [1.82, 2.24) is 10.2 Å². The SMILES string of the molecule is CN1CCCC2(C1)Nc1ccccc1N=C2NCc1cccc(Cl)c1. The molecule has 5 heteroatoms. The summed E-state index contributed by atoms with van der Waals surface area (Å²) in [5.41, 5.74) is 3.12. The van der Waals surface area contributed by atoms with Crippen LogP contribution in [0.1, 0.15) is 18.4 Å². The monoisotopic (exact) mass is 354 g/mol. The Kier molecular flexibility index (Phi) is 4.40. The number of fused-ring (bicyclic) bond motifs is 1. The Balaban J connectivity index is 1.64. The Labute approximate surface area is 153 Å². The molecule has 2 aliphatic rings. The number of hydrogen-bond acceptors (Lipinski definition) is 4. The molecule has 0 radical (unpaired) electrons. The summed E-state index contributed by atoms with van der Waals surface area (Å²) in [6.07, 6.45) is 2.23. The molecule has 2 heterocycles. The first-order chi connectivity index (χ1) is 12.1. The third kappa shape index (κ3) is 3.37. The van der Waals surface area contributed by atoms with Crippen LogP contribution in [0.3, 0.4) is 0 Å². The topological polar surface area (TPSA) is 39.7 Å². The molecule has 0 aliphatic carbocycles. The Morgan fingerprint density at radius 2 is 2.12 bits per heavy atom. The van der Waals surface area contributed by atoms with Gasteiger partial charge in [-0.25, -0.2) is 4.99 Å². The average Bonchev–Trinajstić information content (AvgIpc) is 2.60. The van der Waals surface area contributed by atoms with Crippen molar-refractivity contribution in [3.63, 3.8) is 0 Å². The van der Waals surface area contributed by atoms with Crippen molar-refractivity contribution in [1.29, 1.82) is 0 Å². The molecule has 4 nitrogen and oxygen atoms in total. The van der Waals surface area contributed by atoms with Gasteiger partial charge in [0.2, 0.25) is 0 Å². The molecule has 0 bridgehead atoms. The molecule has 4 rings (SSSR count). The fourth-order valence-electron chi connectivity index (χ4n) is 3.83. The summed E-state index contributed by atoms with van der Waals surface area (Å²) in [7, 11) is 2.18. The predicted octanol–water partition coefficient (Wildman–Crippen LogP) is 4.05. The van der Waals surface area contributed by atoms with E-state index in [1.165, 1.54) is 0 Å². The fourth-order valence-corrected chi connectivity index (χ4v) is 4.04. The lowest BCUT2D eigenvalue weighted by Gasteiger charge is -2.45. The summed E-state index contributed by atoms with van der Waals surface area (Å²) in [5, 5.41) is 8.13. The van der Waals surface area contributed by atoms with Crippen LogP contribution in [0.25, 0.3) is 0 Å². The third-order valence-corrected chi connectivity index (χ3v) is 5.23. The van der Waals surface area contributed by atoms with Gasteiger partial charge in [-0.3, -0.25) is 0 Å². The quantitative estimate of drug-likeness (QED) is 0.854. The number of amidine groups is 1. The molecule has 0 saturated carbocycles. The van der Waals surface area contributed by atoms with Crippen LogP contribution >= 0.6 is 11.6 Å². The Morgan fingerprint density at radius 1 is 1.24 bits per heavy atom. The Bertz CT molecular complexity index is 804. The van der Waals surface area contributed by atoms with Gasteiger partial charge in [-0.15, -0.1) is 0 Å². The van der Waals surface area contributed by atoms with E-state index in [9.17, 15) is 0 Å². The van der Waals surface area contributed by atoms with Gasteiger partial charge in [-0.1, -0.05) is 35.9 Å². The van der Waals surface area contributed by atoms with E-state index < -0.39 is 0 Å². The molecule has 25 heavy (non-hydrogen) atoms. The van der Waals surface area contributed by atoms with Gasteiger partial charge in [0.15, 0.2) is 0 Å². The van der Waals surface area contributed by atoms with E-state index in [4.69, 9.17) is 16.6 Å². The number of hydrogen-bond donors (Lipinski definition) is 2. The number of likely N-dealkylation sites (tertiary alicyclic amines) is 1. The second kappa shape index (κ2) is 6.70. The highest BCUT2D eigenvalue weighted by molar-refractivity contribution is 6.30. The summed E-state index contributed by atoms with van der Waals surface area (Å²) in [6, 6.07) is 16.2. The summed E-state index contributed by atoms with van der Waals surface area (Å²) in [4.78, 5) is 7.35. The molecule has 1 unspecified atom stereocenters. The number of likely N-dealkylation sites (N-methyl/N-ethyl adjacent to an activating group) is 1. The lowest BCUT2D eigenvalue weighted by molar-refractivity contribution is 0.231. The predicted molar refractivity (Wildman–Crippen MR) is 105 cm³/mol. The second-order valence-electron chi connectivity index (χ2n) is 7.01. The molecule has 2 aromatic carbocycles. The highest BCUT2D eigenvalue weighted by Gasteiger charge is 2.41. The van der Waals surface area contributed by atoms with Crippen LogP contribution in [-0.2, 0) is 6.54 Å². The van der Waals surface area contributed by atoms with E-state index >= 15 is 0 Å². The molecule has 1 spiro atoms. The molecule has 1 fully saturated rings. The van der Waals surface area contributed by atoms with Crippen LogP contribution in [0, 0.1) is 0 Å². The van der Waals surface area contributed by atoms with Gasteiger partial charge in [0.05, 0.1) is 11.4 Å². The lowest BCUT2D eigenvalue weighted by atomic mass is 9.85. The molecule has 2 N–H and O–H groups in total. The Hall–Kier alpha value is -2.04. The van der Waals surface area contributed by atoms with Crippen LogP contribution in [0.5, 0.6) is 0 Å². The van der Waals surface area contributed by atoms with Crippen LogP contribution in [-0.4, -0.2) is 36.4 Å². The van der Waals surface area contributed by atoms with Crippen LogP contribution < -0.4 is 10.6 Å². The lowest BCUT2D eigenvalue weighted by Crippen LogP contribution is -2.61. The number of benzene rings is 2. The van der Waals surface area contributed by atoms with Gasteiger partial charge in [0, 0.05) is 18.1 Å². The van der Waals surface area contributed by atoms with Crippen molar-refractivity contribution < 1.29 is 0 Å². The van der Waals surface area contributed by atoms with E-state index in [2.05, 4.69) is 46.8 Å². The number of rotatable bonds is 2. The Morgan fingerprint density at radius 3 is 2.96 bits per heavy atom. The van der Waals surface area contributed by atoms with Crippen molar-refractivity contribution in [2.45, 2.75) is 24.9 Å². The highest BCUT2D eigenvalue weighted by atomic mass is 35.5. The maximum atomic E-state index is 6.12. The molecular weight excluding hydrogens is 332 g/mol. The first-order valence-electron chi connectivity index (χ1n) is 8.78. The highest BCUT2D eigenvalue weighted by Crippen LogP contribution is 2.36. The molecule has 0 amide bonds. The minimum atomic E-state index is -0.153. The van der Waals surface area contributed by atoms with Gasteiger partial charge in [-0.2, -0.15) is 0 Å². The van der Waals surface area contributed by atoms with E-state index in [-0.39, 0.29) is 5.54 Å². The number of nitrogens with zero attached hydrogens (tertiary/aromatic N) is 2. The summed E-state index contributed by atoms with van der Waals surface area (Å²) >= 11 is 6.12. The minimum Gasteiger partial charge on any atom is -0.370 e. The largest absolute Gasteiger partial charge is 0.370 e. The maximum Gasteiger partial charge on any atom is 0.130 e. The molecule has 0 aromatic heterocycles. The first kappa shape index (κ1) is 16.4. The zero-order valence-electron chi connectivity index (χ0n) is 14.4. The van der Waals surface area contributed by atoms with E-state index in [1.54, 1.807) is 0 Å². The van der Waals surface area contributed by atoms with Gasteiger partial charge < -0.3 is 15.5 Å². The minimum absolute atomic E-state index is 0.153. The number of para-hydroxylation sites is 2. The van der Waals surface area contributed by atoms with Crippen LogP contribution in [0.4, 0.5) is 11.4 Å². The first-order valence-corrected chi connectivity index (χ1v) is 9.16. The number of aliphatic imine (C=N–C) groups is 1. The third-order valence-electron chi connectivity index (χ3n) is 5.00. The van der Waals surface area contributed by atoms with Gasteiger partial charge in [0.1, 0.15) is 11.4 Å². The van der Waals surface area contributed by atoms with Crippen molar-refractivity contribution in [2.75, 3.05) is 25.5 Å². The van der Waals surface area contributed by atoms with Gasteiger partial charge in [-0.05, 0) is 56.3 Å². The molecular formula is C20H23ClN4.